The maximum absolute atomic E-state index is 11.9. The molecule has 0 radical (unpaired) electrons. The summed E-state index contributed by atoms with van der Waals surface area (Å²) in [5, 5.41) is 0. The molecule has 0 aromatic carbocycles. The van der Waals surface area contributed by atoms with Crippen molar-refractivity contribution in [3.8, 4) is 0 Å². The minimum atomic E-state index is 0.218. The Morgan fingerprint density at radius 3 is 2.75 bits per heavy atom. The van der Waals surface area contributed by atoms with Crippen LogP contribution in [0.1, 0.15) is 49.2 Å². The summed E-state index contributed by atoms with van der Waals surface area (Å²) in [6.07, 6.45) is 2.59. The zero-order valence-corrected chi connectivity index (χ0v) is 10.0. The van der Waals surface area contributed by atoms with E-state index < -0.39 is 0 Å². The van der Waals surface area contributed by atoms with Crippen LogP contribution in [0.15, 0.2) is 30.5 Å². The van der Waals surface area contributed by atoms with E-state index in [0.717, 1.165) is 11.1 Å². The van der Waals surface area contributed by atoms with Crippen molar-refractivity contribution in [3.63, 3.8) is 0 Å². The minimum absolute atomic E-state index is 0.218. The average Bonchev–Trinajstić information content (AvgIpc) is 2.67. The molecule has 0 saturated carbocycles. The van der Waals surface area contributed by atoms with Crippen LogP contribution >= 0.6 is 0 Å². The van der Waals surface area contributed by atoms with Crippen LogP contribution in [0.2, 0.25) is 0 Å². The maximum atomic E-state index is 11.9. The number of rotatable bonds is 3. The van der Waals surface area contributed by atoms with Gasteiger partial charge >= 0.3 is 0 Å². The Balaban J connectivity index is 2.71. The molecule has 2 nitrogen and oxygen atoms in total. The van der Waals surface area contributed by atoms with E-state index in [9.17, 15) is 4.79 Å². The highest BCUT2D eigenvalue weighted by Crippen LogP contribution is 2.23. The molecule has 0 N–H and O–H groups in total. The van der Waals surface area contributed by atoms with Gasteiger partial charge in [-0.2, -0.15) is 0 Å². The highest BCUT2D eigenvalue weighted by atomic mass is 16.1. The number of fused-ring (bicyclic) bond motifs is 1. The van der Waals surface area contributed by atoms with Crippen molar-refractivity contribution in [2.75, 3.05) is 0 Å². The molecule has 2 heterocycles. The quantitative estimate of drug-likeness (QED) is 0.716. The number of ketones is 1. The summed E-state index contributed by atoms with van der Waals surface area (Å²) in [6, 6.07) is 8.02. The van der Waals surface area contributed by atoms with Crippen molar-refractivity contribution in [1.82, 2.24) is 4.40 Å². The Kier molecular flexibility index (Phi) is 2.82. The van der Waals surface area contributed by atoms with E-state index in [4.69, 9.17) is 0 Å². The number of nitrogens with zero attached hydrogens (tertiary/aromatic N) is 1. The van der Waals surface area contributed by atoms with Gasteiger partial charge in [0.1, 0.15) is 0 Å². The van der Waals surface area contributed by atoms with E-state index in [1.807, 2.05) is 37.4 Å². The maximum Gasteiger partial charge on any atom is 0.164 e. The van der Waals surface area contributed by atoms with Crippen LogP contribution in [-0.4, -0.2) is 10.2 Å². The highest BCUT2D eigenvalue weighted by molar-refractivity contribution is 6.02. The molecule has 0 saturated heterocycles. The molecule has 0 amide bonds. The van der Waals surface area contributed by atoms with Crippen molar-refractivity contribution >= 4 is 11.3 Å². The van der Waals surface area contributed by atoms with Crippen LogP contribution in [0.4, 0.5) is 0 Å². The Morgan fingerprint density at radius 1 is 1.38 bits per heavy atom. The Labute approximate surface area is 95.9 Å². The lowest BCUT2D eigenvalue weighted by Gasteiger charge is -2.04. The molecular weight excluding hydrogens is 198 g/mol. The van der Waals surface area contributed by atoms with Crippen LogP contribution in [0.25, 0.3) is 5.52 Å². The first-order valence-electron chi connectivity index (χ1n) is 5.78. The third-order valence-corrected chi connectivity index (χ3v) is 2.92. The lowest BCUT2D eigenvalue weighted by molar-refractivity contribution is 0.0990. The number of Topliss-reactive ketones (excluding diaryl/α,β-unsaturated/α-hetero) is 1. The normalized spacial score (nSPS) is 11.2. The number of carbonyl (C=O) groups excluding carboxylic acids is 1. The van der Waals surface area contributed by atoms with Crippen molar-refractivity contribution in [3.05, 3.63) is 41.7 Å². The Hall–Kier alpha value is -1.57. The fourth-order valence-electron chi connectivity index (χ4n) is 2.04. The molecule has 2 aromatic heterocycles. The molecule has 2 heteroatoms. The highest BCUT2D eigenvalue weighted by Gasteiger charge is 2.14. The van der Waals surface area contributed by atoms with Gasteiger partial charge < -0.3 is 4.40 Å². The van der Waals surface area contributed by atoms with Gasteiger partial charge in [-0.15, -0.1) is 0 Å². The van der Waals surface area contributed by atoms with Gasteiger partial charge in [0.25, 0.3) is 0 Å². The summed E-state index contributed by atoms with van der Waals surface area (Å²) in [5.41, 5.74) is 3.08. The van der Waals surface area contributed by atoms with E-state index in [-0.39, 0.29) is 5.78 Å². The van der Waals surface area contributed by atoms with E-state index in [1.54, 1.807) is 0 Å². The zero-order valence-electron chi connectivity index (χ0n) is 10.0. The van der Waals surface area contributed by atoms with Crippen molar-refractivity contribution in [2.45, 2.75) is 33.1 Å². The van der Waals surface area contributed by atoms with Gasteiger partial charge in [-0.3, -0.25) is 4.79 Å². The summed E-state index contributed by atoms with van der Waals surface area (Å²) < 4.78 is 2.12. The SMILES string of the molecule is CCC(=O)c1cc(C(C)C)n2ccccc12. The first kappa shape index (κ1) is 10.9. The molecule has 0 bridgehead atoms. The fourth-order valence-corrected chi connectivity index (χ4v) is 2.04. The second kappa shape index (κ2) is 4.12. The van der Waals surface area contributed by atoms with Gasteiger partial charge in [-0.05, 0) is 24.1 Å². The van der Waals surface area contributed by atoms with Crippen molar-refractivity contribution < 1.29 is 4.79 Å². The van der Waals surface area contributed by atoms with Gasteiger partial charge in [0, 0.05) is 23.9 Å². The molecule has 0 atom stereocenters. The lowest BCUT2D eigenvalue weighted by atomic mass is 10.1. The van der Waals surface area contributed by atoms with Gasteiger partial charge in [0.05, 0.1) is 5.52 Å². The summed E-state index contributed by atoms with van der Waals surface area (Å²) in [7, 11) is 0. The summed E-state index contributed by atoms with van der Waals surface area (Å²) in [5.74, 6) is 0.643. The number of aromatic nitrogens is 1. The fraction of sp³-hybridized carbons (Fsp3) is 0.357. The predicted octanol–water partition coefficient (Wildman–Crippen LogP) is 3.66. The van der Waals surface area contributed by atoms with E-state index in [2.05, 4.69) is 18.2 Å². The van der Waals surface area contributed by atoms with Gasteiger partial charge in [0.15, 0.2) is 5.78 Å². The first-order valence-corrected chi connectivity index (χ1v) is 5.78. The summed E-state index contributed by atoms with van der Waals surface area (Å²) >= 11 is 0. The Morgan fingerprint density at radius 2 is 2.12 bits per heavy atom. The van der Waals surface area contributed by atoms with Crippen LogP contribution in [-0.2, 0) is 0 Å². The van der Waals surface area contributed by atoms with Crippen molar-refractivity contribution in [1.29, 1.82) is 0 Å². The molecule has 0 aliphatic carbocycles. The van der Waals surface area contributed by atoms with Crippen LogP contribution in [0, 0.1) is 0 Å². The number of hydrogen-bond acceptors (Lipinski definition) is 1. The monoisotopic (exact) mass is 215 g/mol. The molecule has 0 aliphatic heterocycles. The van der Waals surface area contributed by atoms with Crippen LogP contribution in [0.3, 0.4) is 0 Å². The lowest BCUT2D eigenvalue weighted by Crippen LogP contribution is -1.95. The molecule has 2 rings (SSSR count). The molecule has 0 aliphatic rings. The molecule has 0 unspecified atom stereocenters. The third kappa shape index (κ3) is 1.64. The zero-order chi connectivity index (χ0) is 11.7. The summed E-state index contributed by atoms with van der Waals surface area (Å²) in [6.45, 7) is 6.20. The van der Waals surface area contributed by atoms with Gasteiger partial charge in [-0.25, -0.2) is 0 Å². The van der Waals surface area contributed by atoms with Crippen LogP contribution in [0.5, 0.6) is 0 Å². The standard InChI is InChI=1S/C14H17NO/c1-4-14(16)11-9-13(10(2)3)15-8-6-5-7-12(11)15/h5-10H,4H2,1-3H3. The Bertz CT molecular complexity index is 523. The van der Waals surface area contributed by atoms with Gasteiger partial charge in [-0.1, -0.05) is 26.8 Å². The van der Waals surface area contributed by atoms with E-state index in [0.29, 0.717) is 12.3 Å². The summed E-state index contributed by atoms with van der Waals surface area (Å²) in [4.78, 5) is 11.9. The van der Waals surface area contributed by atoms with Crippen molar-refractivity contribution in [2.24, 2.45) is 0 Å². The third-order valence-electron chi connectivity index (χ3n) is 2.92. The van der Waals surface area contributed by atoms with E-state index >= 15 is 0 Å². The predicted molar refractivity (Wildman–Crippen MR) is 66.1 cm³/mol. The number of carbonyl (C=O) groups is 1. The first-order chi connectivity index (χ1) is 7.65. The number of hydrogen-bond donors (Lipinski definition) is 0. The molecule has 84 valence electrons. The molecular formula is C14H17NO. The molecule has 2 aromatic rings. The smallest absolute Gasteiger partial charge is 0.164 e. The average molecular weight is 215 g/mol. The molecule has 0 fully saturated rings. The van der Waals surface area contributed by atoms with E-state index in [1.165, 1.54) is 5.69 Å². The molecule has 16 heavy (non-hydrogen) atoms. The topological polar surface area (TPSA) is 21.5 Å². The minimum Gasteiger partial charge on any atom is -0.320 e. The number of pyridine rings is 1. The second-order valence-corrected chi connectivity index (χ2v) is 4.37. The van der Waals surface area contributed by atoms with Gasteiger partial charge in [0.2, 0.25) is 0 Å². The van der Waals surface area contributed by atoms with Crippen LogP contribution < -0.4 is 0 Å². The second-order valence-electron chi connectivity index (χ2n) is 4.37. The molecule has 0 spiro atoms. The largest absolute Gasteiger partial charge is 0.320 e.